The number of likely N-dealkylation sites (N-methyl/N-ethyl adjacent to an activating group) is 1. The molecule has 0 aromatic rings. The summed E-state index contributed by atoms with van der Waals surface area (Å²) < 4.78 is 13.4. The van der Waals surface area contributed by atoms with E-state index in [2.05, 4.69) is 62.3 Å². The van der Waals surface area contributed by atoms with E-state index in [1.807, 2.05) is 0 Å². The van der Waals surface area contributed by atoms with Crippen molar-refractivity contribution in [2.24, 2.45) is 0 Å². The lowest BCUT2D eigenvalue weighted by molar-refractivity contribution is -0.193. The molecule has 2 saturated heterocycles. The predicted octanol–water partition coefficient (Wildman–Crippen LogP) is 11.1. The third kappa shape index (κ3) is 16.5. The summed E-state index contributed by atoms with van der Waals surface area (Å²) in [4.78, 5) is 2.36. The molecule has 0 amide bonds. The number of nitrogens with zero attached hydrogens (tertiary/aromatic N) is 1. The first-order valence-corrected chi connectivity index (χ1v) is 17.7. The number of ether oxygens (including phenoxy) is 2. The number of rotatable bonds is 26. The second-order valence-electron chi connectivity index (χ2n) is 12.7. The summed E-state index contributed by atoms with van der Waals surface area (Å²) in [5.74, 6) is -0.296. The van der Waals surface area contributed by atoms with Crippen LogP contribution in [0.25, 0.3) is 0 Å². The van der Waals surface area contributed by atoms with Gasteiger partial charge in [-0.1, -0.05) is 121 Å². The normalized spacial score (nSPS) is 21.1. The second-order valence-corrected chi connectivity index (χ2v) is 12.7. The molecule has 0 N–H and O–H groups in total. The molecule has 232 valence electrons. The third-order valence-electron chi connectivity index (χ3n) is 8.69. The molecule has 0 aliphatic carbocycles. The number of hydrogen-bond acceptors (Lipinski definition) is 3. The van der Waals surface area contributed by atoms with Gasteiger partial charge in [0.2, 0.25) is 0 Å². The highest BCUT2D eigenvalue weighted by atomic mass is 16.8. The van der Waals surface area contributed by atoms with Crippen molar-refractivity contribution < 1.29 is 9.47 Å². The van der Waals surface area contributed by atoms with Gasteiger partial charge in [0.05, 0.1) is 0 Å². The third-order valence-corrected chi connectivity index (χ3v) is 8.69. The highest BCUT2D eigenvalue weighted by molar-refractivity contribution is 4.94. The average molecular weight is 558 g/mol. The molecule has 0 unspecified atom stereocenters. The lowest BCUT2D eigenvalue weighted by atomic mass is 9.98. The van der Waals surface area contributed by atoms with Crippen LogP contribution in [0.4, 0.5) is 0 Å². The van der Waals surface area contributed by atoms with Crippen LogP contribution in [0.2, 0.25) is 0 Å². The van der Waals surface area contributed by atoms with Crippen LogP contribution in [0.3, 0.4) is 0 Å². The van der Waals surface area contributed by atoms with Crippen LogP contribution in [0.5, 0.6) is 0 Å². The number of fused-ring (bicyclic) bond motifs is 1. The molecule has 0 saturated carbocycles. The Labute approximate surface area is 250 Å². The van der Waals surface area contributed by atoms with Crippen molar-refractivity contribution in [1.82, 2.24) is 4.90 Å². The summed E-state index contributed by atoms with van der Waals surface area (Å²) in [5, 5.41) is 0. The van der Waals surface area contributed by atoms with Crippen molar-refractivity contribution in [3.63, 3.8) is 0 Å². The Kier molecular flexibility index (Phi) is 20.9. The Bertz CT molecular complexity index is 655. The zero-order valence-electron chi connectivity index (χ0n) is 27.1. The standard InChI is InChI=1S/C37H67NO2/c1-4-6-8-10-12-14-16-17-18-19-20-22-24-26-28-30-32-37(39-35-33-38(3)34-36(35)40-37)31-29-27-25-23-21-15-13-11-9-7-5-2/h9,11-12,14,17-18,35-36H,4-8,10,13,15-16,19-34H2,1-3H3/b11-9-,14-12-,18-17-/t35-,36-/m0/s1. The van der Waals surface area contributed by atoms with Gasteiger partial charge in [0.15, 0.2) is 5.79 Å². The molecule has 0 radical (unpaired) electrons. The second kappa shape index (κ2) is 23.6. The van der Waals surface area contributed by atoms with E-state index in [4.69, 9.17) is 9.47 Å². The largest absolute Gasteiger partial charge is 0.343 e. The average Bonchev–Trinajstić information content (AvgIpc) is 3.45. The van der Waals surface area contributed by atoms with Gasteiger partial charge in [0.1, 0.15) is 12.2 Å². The first kappa shape index (κ1) is 35.3. The topological polar surface area (TPSA) is 21.7 Å². The summed E-state index contributed by atoms with van der Waals surface area (Å²) in [6, 6.07) is 0. The fourth-order valence-electron chi connectivity index (χ4n) is 6.24. The van der Waals surface area contributed by atoms with Gasteiger partial charge in [-0.2, -0.15) is 0 Å². The Morgan fingerprint density at radius 1 is 0.525 bits per heavy atom. The maximum atomic E-state index is 6.68. The van der Waals surface area contributed by atoms with Crippen LogP contribution in [0.15, 0.2) is 36.5 Å². The highest BCUT2D eigenvalue weighted by Gasteiger charge is 2.49. The maximum Gasteiger partial charge on any atom is 0.169 e. The van der Waals surface area contributed by atoms with Crippen molar-refractivity contribution in [2.75, 3.05) is 20.1 Å². The van der Waals surface area contributed by atoms with Gasteiger partial charge >= 0.3 is 0 Å². The lowest BCUT2D eigenvalue weighted by Crippen LogP contribution is -2.34. The van der Waals surface area contributed by atoms with Gasteiger partial charge in [0, 0.05) is 25.9 Å². The van der Waals surface area contributed by atoms with E-state index in [1.165, 1.54) is 128 Å². The molecule has 0 spiro atoms. The molecule has 0 aromatic carbocycles. The minimum atomic E-state index is -0.296. The van der Waals surface area contributed by atoms with Crippen LogP contribution in [-0.4, -0.2) is 43.0 Å². The Balaban J connectivity index is 1.52. The maximum absolute atomic E-state index is 6.68. The molecular weight excluding hydrogens is 490 g/mol. The molecular formula is C37H67NO2. The summed E-state index contributed by atoms with van der Waals surface area (Å²) in [7, 11) is 2.19. The first-order chi connectivity index (χ1) is 19.7. The van der Waals surface area contributed by atoms with E-state index in [1.54, 1.807) is 0 Å². The molecule has 3 heteroatoms. The zero-order valence-corrected chi connectivity index (χ0v) is 27.1. The Morgan fingerprint density at radius 3 is 1.45 bits per heavy atom. The number of likely N-dealkylation sites (tertiary alicyclic amines) is 1. The van der Waals surface area contributed by atoms with Crippen LogP contribution < -0.4 is 0 Å². The van der Waals surface area contributed by atoms with Gasteiger partial charge in [-0.25, -0.2) is 0 Å². The van der Waals surface area contributed by atoms with E-state index in [-0.39, 0.29) is 18.0 Å². The van der Waals surface area contributed by atoms with Gasteiger partial charge in [-0.05, 0) is 71.3 Å². The lowest BCUT2D eigenvalue weighted by Gasteiger charge is -2.30. The molecule has 2 aliphatic heterocycles. The Morgan fingerprint density at radius 2 is 0.950 bits per heavy atom. The predicted molar refractivity (Wildman–Crippen MR) is 175 cm³/mol. The quantitative estimate of drug-likeness (QED) is 0.0779. The molecule has 3 nitrogen and oxygen atoms in total. The minimum absolute atomic E-state index is 0.287. The molecule has 2 fully saturated rings. The highest BCUT2D eigenvalue weighted by Crippen LogP contribution is 2.40. The summed E-state index contributed by atoms with van der Waals surface area (Å²) in [5.41, 5.74) is 0. The van der Waals surface area contributed by atoms with E-state index in [0.29, 0.717) is 0 Å². The number of hydrogen-bond donors (Lipinski definition) is 0. The fraction of sp³-hybridized carbons (Fsp3) is 0.838. The molecule has 2 rings (SSSR count). The van der Waals surface area contributed by atoms with Gasteiger partial charge in [-0.3, -0.25) is 0 Å². The van der Waals surface area contributed by atoms with Crippen LogP contribution in [-0.2, 0) is 9.47 Å². The zero-order chi connectivity index (χ0) is 28.6. The van der Waals surface area contributed by atoms with E-state index in [9.17, 15) is 0 Å². The molecule has 0 bridgehead atoms. The van der Waals surface area contributed by atoms with E-state index >= 15 is 0 Å². The van der Waals surface area contributed by atoms with Gasteiger partial charge < -0.3 is 14.4 Å². The van der Waals surface area contributed by atoms with Crippen molar-refractivity contribution in [3.05, 3.63) is 36.5 Å². The van der Waals surface area contributed by atoms with Crippen molar-refractivity contribution in [1.29, 1.82) is 0 Å². The Hall–Kier alpha value is -0.900. The van der Waals surface area contributed by atoms with E-state index < -0.39 is 0 Å². The van der Waals surface area contributed by atoms with Crippen LogP contribution in [0, 0.1) is 0 Å². The minimum Gasteiger partial charge on any atom is -0.343 e. The monoisotopic (exact) mass is 558 g/mol. The number of unbranched alkanes of at least 4 members (excludes halogenated alkanes) is 16. The molecule has 0 aromatic heterocycles. The van der Waals surface area contributed by atoms with Crippen LogP contribution >= 0.6 is 0 Å². The summed E-state index contributed by atoms with van der Waals surface area (Å²) in [6.45, 7) is 6.58. The summed E-state index contributed by atoms with van der Waals surface area (Å²) >= 11 is 0. The first-order valence-electron chi connectivity index (χ1n) is 17.7. The molecule has 2 atom stereocenters. The number of allylic oxidation sites excluding steroid dienone is 6. The summed E-state index contributed by atoms with van der Waals surface area (Å²) in [6.07, 6.45) is 44.2. The van der Waals surface area contributed by atoms with Gasteiger partial charge in [0.25, 0.3) is 0 Å². The van der Waals surface area contributed by atoms with Gasteiger partial charge in [-0.15, -0.1) is 0 Å². The molecule has 40 heavy (non-hydrogen) atoms. The van der Waals surface area contributed by atoms with Crippen LogP contribution in [0.1, 0.15) is 162 Å². The van der Waals surface area contributed by atoms with E-state index in [0.717, 1.165) is 32.4 Å². The van der Waals surface area contributed by atoms with Crippen molar-refractivity contribution >= 4 is 0 Å². The fourth-order valence-corrected chi connectivity index (χ4v) is 6.24. The SMILES string of the molecule is CCC/C=C\CCCCCCCCC1(CCCCCCCC/C=C\C/C=C\CCCCC)O[C@H]2CN(C)C[C@@H]2O1. The molecule has 2 aliphatic rings. The van der Waals surface area contributed by atoms with Crippen molar-refractivity contribution in [3.8, 4) is 0 Å². The van der Waals surface area contributed by atoms with Crippen molar-refractivity contribution in [2.45, 2.75) is 180 Å². The smallest absolute Gasteiger partial charge is 0.169 e. The molecule has 2 heterocycles.